The Balaban J connectivity index is 1.33. The average molecular weight is 589 g/mol. The summed E-state index contributed by atoms with van der Waals surface area (Å²) in [5.41, 5.74) is 2.64. The number of allylic oxidation sites excluding steroid dienone is 2. The van der Waals surface area contributed by atoms with Gasteiger partial charge in [0.2, 0.25) is 0 Å². The van der Waals surface area contributed by atoms with Crippen LogP contribution in [-0.4, -0.2) is 34.3 Å². The van der Waals surface area contributed by atoms with E-state index in [-0.39, 0.29) is 24.9 Å². The quantitative estimate of drug-likeness (QED) is 0.151. The topological polar surface area (TPSA) is 52.4 Å². The SMILES string of the molecule is CC12CC[C@@H]([Se]c3ccccc3[N+](=O)[O-])C=C1CCC1C2CCC2(C)C(O[Si](C)(C)C(C)(C)C)CCC12. The van der Waals surface area contributed by atoms with E-state index in [2.05, 4.69) is 53.8 Å². The van der Waals surface area contributed by atoms with Gasteiger partial charge < -0.3 is 0 Å². The standard InChI is InChI=1S/C31H47NO3SeSi/c1-29(2,3)37(6,7)35-28-15-14-24-23-13-12-21-20-22(36-27-11-9-8-10-26(27)32(33)34)16-18-30(21,4)25(23)17-19-31(24,28)5/h8-11,20,22-25,28H,12-19H2,1-7H3/t22-,23?,24?,25?,28?,30?,31?/m1/s1. The van der Waals surface area contributed by atoms with Crippen molar-refractivity contribution in [3.8, 4) is 0 Å². The van der Waals surface area contributed by atoms with Crippen LogP contribution >= 0.6 is 0 Å². The molecule has 5 rings (SSSR count). The number of hydrogen-bond donors (Lipinski definition) is 0. The molecule has 0 saturated heterocycles. The Morgan fingerprint density at radius 2 is 1.76 bits per heavy atom. The Hall–Kier alpha value is -0.944. The average Bonchev–Trinajstić information content (AvgIpc) is 3.14. The Labute approximate surface area is 231 Å². The van der Waals surface area contributed by atoms with Crippen molar-refractivity contribution in [1.29, 1.82) is 0 Å². The number of fused-ring (bicyclic) bond motifs is 5. The molecular weight excluding hydrogens is 541 g/mol. The van der Waals surface area contributed by atoms with E-state index in [1.54, 1.807) is 17.7 Å². The molecule has 7 atom stereocenters. The summed E-state index contributed by atoms with van der Waals surface area (Å²) in [5, 5.41) is 11.8. The molecule has 204 valence electrons. The zero-order chi connectivity index (χ0) is 26.8. The van der Waals surface area contributed by atoms with Gasteiger partial charge in [-0.15, -0.1) is 0 Å². The summed E-state index contributed by atoms with van der Waals surface area (Å²) in [6.45, 7) is 17.1. The van der Waals surface area contributed by atoms with Crippen molar-refractivity contribution in [3.05, 3.63) is 46.0 Å². The molecule has 0 aromatic heterocycles. The fourth-order valence-corrected chi connectivity index (χ4v) is 12.3. The van der Waals surface area contributed by atoms with E-state index >= 15 is 0 Å². The molecule has 0 heterocycles. The molecular formula is C31H47NO3SeSi. The molecule has 0 aliphatic heterocycles. The summed E-state index contributed by atoms with van der Waals surface area (Å²) in [7, 11) is -1.78. The van der Waals surface area contributed by atoms with Gasteiger partial charge in [0.1, 0.15) is 0 Å². The maximum absolute atomic E-state index is 11.6. The second kappa shape index (κ2) is 9.61. The molecule has 6 heteroatoms. The van der Waals surface area contributed by atoms with E-state index in [4.69, 9.17) is 4.43 Å². The van der Waals surface area contributed by atoms with Crippen LogP contribution in [0, 0.1) is 38.7 Å². The molecule has 0 spiro atoms. The molecule has 0 N–H and O–H groups in total. The van der Waals surface area contributed by atoms with E-state index in [0.29, 0.717) is 27.4 Å². The second-order valence-electron chi connectivity index (χ2n) is 14.4. The van der Waals surface area contributed by atoms with Crippen molar-refractivity contribution >= 4 is 33.4 Å². The fraction of sp³-hybridized carbons (Fsp3) is 0.742. The molecule has 3 fully saturated rings. The molecule has 3 saturated carbocycles. The van der Waals surface area contributed by atoms with Crippen molar-refractivity contribution < 1.29 is 9.35 Å². The van der Waals surface area contributed by atoms with Crippen LogP contribution in [0.5, 0.6) is 0 Å². The van der Waals surface area contributed by atoms with Gasteiger partial charge in [-0.25, -0.2) is 0 Å². The van der Waals surface area contributed by atoms with Gasteiger partial charge in [-0.1, -0.05) is 20.8 Å². The van der Waals surface area contributed by atoms with Gasteiger partial charge in [-0.05, 0) is 0 Å². The first kappa shape index (κ1) is 27.6. The predicted octanol–water partition coefficient (Wildman–Crippen LogP) is 8.07. The number of nitro groups is 1. The van der Waals surface area contributed by atoms with Gasteiger partial charge in [0.05, 0.1) is 0 Å². The molecule has 0 bridgehead atoms. The van der Waals surface area contributed by atoms with Gasteiger partial charge in [0, 0.05) is 0 Å². The van der Waals surface area contributed by atoms with E-state index in [9.17, 15) is 10.1 Å². The van der Waals surface area contributed by atoms with Crippen molar-refractivity contribution in [3.63, 3.8) is 0 Å². The summed E-state index contributed by atoms with van der Waals surface area (Å²) in [6, 6.07) is 7.39. The van der Waals surface area contributed by atoms with Crippen LogP contribution in [0.4, 0.5) is 5.69 Å². The van der Waals surface area contributed by atoms with Crippen LogP contribution in [0.15, 0.2) is 35.9 Å². The van der Waals surface area contributed by atoms with Gasteiger partial charge in [0.25, 0.3) is 0 Å². The summed E-state index contributed by atoms with van der Waals surface area (Å²) in [4.78, 5) is 11.8. The molecule has 4 nitrogen and oxygen atoms in total. The number of rotatable bonds is 5. The number of para-hydroxylation sites is 1. The molecule has 4 aliphatic rings. The Morgan fingerprint density at radius 1 is 1.03 bits per heavy atom. The Kier molecular flexibility index (Phi) is 7.17. The van der Waals surface area contributed by atoms with E-state index in [0.717, 1.165) is 22.2 Å². The molecule has 1 aromatic rings. The minimum atomic E-state index is -1.78. The number of nitro benzene ring substituents is 1. The van der Waals surface area contributed by atoms with Crippen LogP contribution in [0.2, 0.25) is 22.9 Å². The minimum absolute atomic E-state index is 0.111. The molecule has 0 radical (unpaired) electrons. The van der Waals surface area contributed by atoms with Gasteiger partial charge >= 0.3 is 212 Å². The first-order chi connectivity index (χ1) is 17.3. The van der Waals surface area contributed by atoms with Crippen LogP contribution in [-0.2, 0) is 4.43 Å². The van der Waals surface area contributed by atoms with E-state index in [1.165, 1.54) is 51.4 Å². The fourth-order valence-electron chi connectivity index (χ4n) is 8.34. The van der Waals surface area contributed by atoms with Crippen LogP contribution < -0.4 is 4.46 Å². The van der Waals surface area contributed by atoms with E-state index in [1.807, 2.05) is 12.1 Å². The third-order valence-corrected chi connectivity index (χ3v) is 18.7. The first-order valence-corrected chi connectivity index (χ1v) is 19.3. The normalized spacial score (nSPS) is 37.8. The summed E-state index contributed by atoms with van der Waals surface area (Å²) >= 11 is 0.111. The third-order valence-electron chi connectivity index (χ3n) is 11.6. The van der Waals surface area contributed by atoms with Crippen LogP contribution in [0.3, 0.4) is 0 Å². The van der Waals surface area contributed by atoms with E-state index < -0.39 is 8.32 Å². The zero-order valence-electron chi connectivity index (χ0n) is 24.0. The molecule has 37 heavy (non-hydrogen) atoms. The number of nitrogens with zero attached hydrogens (tertiary/aromatic N) is 1. The van der Waals surface area contributed by atoms with Gasteiger partial charge in [0.15, 0.2) is 0 Å². The molecule has 4 aliphatic carbocycles. The number of benzene rings is 1. The number of hydrogen-bond acceptors (Lipinski definition) is 3. The van der Waals surface area contributed by atoms with Gasteiger partial charge in [-0.3, -0.25) is 0 Å². The summed E-state index contributed by atoms with van der Waals surface area (Å²) in [5.74, 6) is 2.41. The van der Waals surface area contributed by atoms with Crippen LogP contribution in [0.25, 0.3) is 0 Å². The third kappa shape index (κ3) is 4.72. The van der Waals surface area contributed by atoms with Crippen molar-refractivity contribution in [1.82, 2.24) is 0 Å². The first-order valence-electron chi connectivity index (χ1n) is 14.6. The maximum atomic E-state index is 11.6. The molecule has 0 amide bonds. The Bertz CT molecular complexity index is 1080. The summed E-state index contributed by atoms with van der Waals surface area (Å²) in [6.07, 6.45) is 13.2. The summed E-state index contributed by atoms with van der Waals surface area (Å²) < 4.78 is 8.08. The second-order valence-corrected chi connectivity index (χ2v) is 21.9. The van der Waals surface area contributed by atoms with Crippen LogP contribution in [0.1, 0.15) is 86.0 Å². The molecule has 6 unspecified atom stereocenters. The van der Waals surface area contributed by atoms with Crippen molar-refractivity contribution in [2.24, 2.45) is 28.6 Å². The molecule has 1 aromatic carbocycles. The van der Waals surface area contributed by atoms with Crippen molar-refractivity contribution in [2.75, 3.05) is 0 Å². The monoisotopic (exact) mass is 589 g/mol. The van der Waals surface area contributed by atoms with Crippen molar-refractivity contribution in [2.45, 2.75) is 115 Å². The van der Waals surface area contributed by atoms with Gasteiger partial charge in [-0.2, -0.15) is 0 Å². The predicted molar refractivity (Wildman–Crippen MR) is 156 cm³/mol. The Morgan fingerprint density at radius 3 is 2.46 bits per heavy atom. The zero-order valence-corrected chi connectivity index (χ0v) is 26.7.